The molecule has 3 N–H and O–H groups in total. The Morgan fingerprint density at radius 3 is 2.74 bits per heavy atom. The number of carbonyl (C=O) groups is 4. The highest BCUT2D eigenvalue weighted by molar-refractivity contribution is 5.91. The van der Waals surface area contributed by atoms with E-state index in [1.54, 1.807) is 0 Å². The zero-order chi connectivity index (χ0) is 14.4. The van der Waals surface area contributed by atoms with Crippen molar-refractivity contribution in [3.8, 4) is 0 Å². The van der Waals surface area contributed by atoms with E-state index in [9.17, 15) is 19.2 Å². The summed E-state index contributed by atoms with van der Waals surface area (Å²) in [5.41, 5.74) is 0. The van der Waals surface area contributed by atoms with Gasteiger partial charge in [-0.1, -0.05) is 0 Å². The largest absolute Gasteiger partial charge is 0.481 e. The van der Waals surface area contributed by atoms with E-state index >= 15 is 0 Å². The number of piperazine rings is 1. The minimum absolute atomic E-state index is 0.0446. The van der Waals surface area contributed by atoms with Gasteiger partial charge in [-0.3, -0.25) is 19.2 Å². The number of aliphatic carboxylic acids is 1. The van der Waals surface area contributed by atoms with E-state index in [2.05, 4.69) is 10.6 Å². The molecule has 1 rings (SSSR count). The first-order chi connectivity index (χ1) is 8.91. The van der Waals surface area contributed by atoms with Crippen LogP contribution in [-0.2, 0) is 19.2 Å². The normalized spacial score (nSPS) is 18.7. The van der Waals surface area contributed by atoms with Gasteiger partial charge in [0.15, 0.2) is 0 Å². The molecule has 1 fully saturated rings. The Labute approximate surface area is 110 Å². The van der Waals surface area contributed by atoms with Crippen molar-refractivity contribution in [1.29, 1.82) is 0 Å². The molecule has 1 atom stereocenters. The van der Waals surface area contributed by atoms with Crippen LogP contribution in [0.25, 0.3) is 0 Å². The summed E-state index contributed by atoms with van der Waals surface area (Å²) in [5, 5.41) is 13.8. The second-order valence-electron chi connectivity index (χ2n) is 4.22. The fraction of sp³-hybridized carbons (Fsp3) is 0.636. The summed E-state index contributed by atoms with van der Waals surface area (Å²) in [7, 11) is 0. The van der Waals surface area contributed by atoms with Gasteiger partial charge < -0.3 is 20.6 Å². The van der Waals surface area contributed by atoms with Gasteiger partial charge in [0, 0.05) is 33.0 Å². The predicted molar refractivity (Wildman–Crippen MR) is 64.1 cm³/mol. The highest BCUT2D eigenvalue weighted by Gasteiger charge is 2.34. The molecule has 0 aromatic heterocycles. The van der Waals surface area contributed by atoms with E-state index in [4.69, 9.17) is 5.11 Å². The first-order valence-electron chi connectivity index (χ1n) is 5.95. The van der Waals surface area contributed by atoms with Crippen molar-refractivity contribution in [1.82, 2.24) is 15.5 Å². The highest BCUT2D eigenvalue weighted by Crippen LogP contribution is 2.10. The molecular formula is C11H17N3O5. The smallest absolute Gasteiger partial charge is 0.305 e. The summed E-state index contributed by atoms with van der Waals surface area (Å²) in [6, 6.07) is -0.976. The number of carboxylic acids is 1. The molecule has 1 saturated heterocycles. The molecule has 0 aromatic rings. The number of amides is 3. The van der Waals surface area contributed by atoms with Crippen molar-refractivity contribution in [2.24, 2.45) is 0 Å². The third-order valence-electron chi connectivity index (χ3n) is 2.73. The summed E-state index contributed by atoms with van der Waals surface area (Å²) >= 11 is 0. The molecule has 0 saturated carbocycles. The Kier molecular flexibility index (Phi) is 5.28. The van der Waals surface area contributed by atoms with E-state index in [0.717, 1.165) is 0 Å². The molecular weight excluding hydrogens is 254 g/mol. The molecule has 1 aliphatic rings. The van der Waals surface area contributed by atoms with E-state index in [0.29, 0.717) is 6.54 Å². The zero-order valence-corrected chi connectivity index (χ0v) is 10.6. The van der Waals surface area contributed by atoms with E-state index < -0.39 is 24.3 Å². The Balaban J connectivity index is 2.60. The van der Waals surface area contributed by atoms with Gasteiger partial charge in [-0.25, -0.2) is 0 Å². The van der Waals surface area contributed by atoms with Crippen molar-refractivity contribution >= 4 is 23.7 Å². The minimum atomic E-state index is -1.14. The van der Waals surface area contributed by atoms with Crippen molar-refractivity contribution in [2.75, 3.05) is 19.6 Å². The van der Waals surface area contributed by atoms with Crippen LogP contribution in [0, 0.1) is 0 Å². The standard InChI is InChI=1S/C11H17N3O5/c1-7(15)12-3-2-9(16)14-5-4-13-11(19)8(14)6-10(17)18/h8H,2-6H2,1H3,(H,12,15)(H,13,19)(H,17,18). The molecule has 0 spiro atoms. The average molecular weight is 271 g/mol. The van der Waals surface area contributed by atoms with Crippen LogP contribution >= 0.6 is 0 Å². The minimum Gasteiger partial charge on any atom is -0.481 e. The van der Waals surface area contributed by atoms with Crippen molar-refractivity contribution < 1.29 is 24.3 Å². The Bertz CT molecular complexity index is 396. The molecule has 0 bridgehead atoms. The molecule has 1 aliphatic heterocycles. The van der Waals surface area contributed by atoms with Gasteiger partial charge in [-0.05, 0) is 0 Å². The topological polar surface area (TPSA) is 116 Å². The van der Waals surface area contributed by atoms with Crippen molar-refractivity contribution in [2.45, 2.75) is 25.8 Å². The van der Waals surface area contributed by atoms with Crippen LogP contribution in [-0.4, -0.2) is 59.4 Å². The molecule has 8 heteroatoms. The van der Waals surface area contributed by atoms with Gasteiger partial charge in [0.05, 0.1) is 6.42 Å². The van der Waals surface area contributed by atoms with Gasteiger partial charge >= 0.3 is 5.97 Å². The third-order valence-corrected chi connectivity index (χ3v) is 2.73. The fourth-order valence-electron chi connectivity index (χ4n) is 1.87. The molecule has 0 aromatic carbocycles. The molecule has 1 heterocycles. The molecule has 1 unspecified atom stereocenters. The lowest BCUT2D eigenvalue weighted by Crippen LogP contribution is -2.58. The second kappa shape index (κ2) is 6.72. The predicted octanol–water partition coefficient (Wildman–Crippen LogP) is -1.69. The van der Waals surface area contributed by atoms with E-state index in [-0.39, 0.29) is 31.3 Å². The van der Waals surface area contributed by atoms with Crippen LogP contribution in [0.15, 0.2) is 0 Å². The molecule has 8 nitrogen and oxygen atoms in total. The Morgan fingerprint density at radius 2 is 2.16 bits per heavy atom. The summed E-state index contributed by atoms with van der Waals surface area (Å²) in [4.78, 5) is 46.2. The fourth-order valence-corrected chi connectivity index (χ4v) is 1.87. The first kappa shape index (κ1) is 14.9. The number of nitrogens with zero attached hydrogens (tertiary/aromatic N) is 1. The van der Waals surface area contributed by atoms with Gasteiger partial charge in [0.1, 0.15) is 6.04 Å². The maximum atomic E-state index is 11.9. The summed E-state index contributed by atoms with van der Waals surface area (Å²) in [6.07, 6.45) is -0.374. The van der Waals surface area contributed by atoms with E-state index in [1.165, 1.54) is 11.8 Å². The summed E-state index contributed by atoms with van der Waals surface area (Å²) in [6.45, 7) is 2.10. The molecule has 0 radical (unpaired) electrons. The second-order valence-corrected chi connectivity index (χ2v) is 4.22. The lowest BCUT2D eigenvalue weighted by atomic mass is 10.1. The zero-order valence-electron chi connectivity index (χ0n) is 10.6. The van der Waals surface area contributed by atoms with Gasteiger partial charge in [-0.15, -0.1) is 0 Å². The number of carbonyl (C=O) groups excluding carboxylic acids is 3. The van der Waals surface area contributed by atoms with Crippen molar-refractivity contribution in [3.05, 3.63) is 0 Å². The average Bonchev–Trinajstić information content (AvgIpc) is 2.30. The number of hydrogen-bond acceptors (Lipinski definition) is 4. The molecule has 3 amide bonds. The van der Waals surface area contributed by atoms with Crippen LogP contribution in [0.1, 0.15) is 19.8 Å². The number of rotatable bonds is 5. The SMILES string of the molecule is CC(=O)NCCC(=O)N1CCNC(=O)C1CC(=O)O. The molecule has 0 aliphatic carbocycles. The Hall–Kier alpha value is -2.12. The molecule has 19 heavy (non-hydrogen) atoms. The summed E-state index contributed by atoms with van der Waals surface area (Å²) < 4.78 is 0. The van der Waals surface area contributed by atoms with Crippen LogP contribution in [0.3, 0.4) is 0 Å². The van der Waals surface area contributed by atoms with Crippen LogP contribution in [0.5, 0.6) is 0 Å². The summed E-state index contributed by atoms with van der Waals surface area (Å²) in [5.74, 6) is -2.18. The Morgan fingerprint density at radius 1 is 1.47 bits per heavy atom. The van der Waals surface area contributed by atoms with Crippen molar-refractivity contribution in [3.63, 3.8) is 0 Å². The van der Waals surface area contributed by atoms with Crippen LogP contribution in [0.2, 0.25) is 0 Å². The molecule has 106 valence electrons. The van der Waals surface area contributed by atoms with Crippen LogP contribution < -0.4 is 10.6 Å². The number of nitrogens with one attached hydrogen (secondary N) is 2. The van der Waals surface area contributed by atoms with Gasteiger partial charge in [0.2, 0.25) is 17.7 Å². The lowest BCUT2D eigenvalue weighted by Gasteiger charge is -2.34. The van der Waals surface area contributed by atoms with Crippen LogP contribution in [0.4, 0.5) is 0 Å². The maximum absolute atomic E-state index is 11.9. The first-order valence-corrected chi connectivity index (χ1v) is 5.95. The monoisotopic (exact) mass is 271 g/mol. The number of carboxylic acid groups (broad SMARTS) is 1. The number of hydrogen-bond donors (Lipinski definition) is 3. The highest BCUT2D eigenvalue weighted by atomic mass is 16.4. The maximum Gasteiger partial charge on any atom is 0.305 e. The van der Waals surface area contributed by atoms with Gasteiger partial charge in [0.25, 0.3) is 0 Å². The lowest BCUT2D eigenvalue weighted by molar-refractivity contribution is -0.148. The third kappa shape index (κ3) is 4.57. The quantitative estimate of drug-likeness (QED) is 0.552. The van der Waals surface area contributed by atoms with Gasteiger partial charge in [-0.2, -0.15) is 0 Å². The van der Waals surface area contributed by atoms with E-state index in [1.807, 2.05) is 0 Å².